The first-order valence-corrected chi connectivity index (χ1v) is 7.21. The van der Waals surface area contributed by atoms with Crippen LogP contribution in [0.3, 0.4) is 0 Å². The minimum absolute atomic E-state index is 0.0957. The Labute approximate surface area is 126 Å². The topological polar surface area (TPSA) is 38.3 Å². The minimum Gasteiger partial charge on any atom is -0.481 e. The van der Waals surface area contributed by atoms with Gasteiger partial charge in [-0.1, -0.05) is 55.5 Å². The monoisotopic (exact) mass is 283 g/mol. The lowest BCUT2D eigenvalue weighted by molar-refractivity contribution is -0.127. The number of benzene rings is 2. The predicted octanol–water partition coefficient (Wildman–Crippen LogP) is 3.37. The Hall–Kier alpha value is -2.29. The van der Waals surface area contributed by atoms with Gasteiger partial charge in [-0.2, -0.15) is 0 Å². The van der Waals surface area contributed by atoms with E-state index in [1.807, 2.05) is 48.5 Å². The Morgan fingerprint density at radius 1 is 1.00 bits per heavy atom. The van der Waals surface area contributed by atoms with Crippen molar-refractivity contribution >= 4 is 5.91 Å². The molecule has 0 aliphatic carbocycles. The summed E-state index contributed by atoms with van der Waals surface area (Å²) < 4.78 is 5.60. The van der Waals surface area contributed by atoms with Gasteiger partial charge in [-0.25, -0.2) is 0 Å². The summed E-state index contributed by atoms with van der Waals surface area (Å²) in [6, 6.07) is 19.5. The molecule has 0 heterocycles. The van der Waals surface area contributed by atoms with E-state index >= 15 is 0 Å². The molecule has 21 heavy (non-hydrogen) atoms. The Kier molecular flexibility index (Phi) is 5.38. The van der Waals surface area contributed by atoms with E-state index in [2.05, 4.69) is 24.4 Å². The van der Waals surface area contributed by atoms with Crippen molar-refractivity contribution in [2.24, 2.45) is 0 Å². The maximum Gasteiger partial charge on any atom is 0.260 e. The first-order valence-electron chi connectivity index (χ1n) is 7.21. The molecule has 2 atom stereocenters. The second kappa shape index (κ2) is 7.48. The standard InChI is InChI=1S/C18H21NO2/c1-14(16-9-5-3-6-10-16)13-19-18(20)15(2)21-17-11-7-4-8-12-17/h3-12,14-15H,13H2,1-2H3,(H,19,20)/t14-,15-/m1/s1. The highest BCUT2D eigenvalue weighted by Gasteiger charge is 2.15. The first-order chi connectivity index (χ1) is 10.2. The van der Waals surface area contributed by atoms with E-state index in [1.54, 1.807) is 6.92 Å². The largest absolute Gasteiger partial charge is 0.481 e. The molecule has 2 aromatic carbocycles. The van der Waals surface area contributed by atoms with E-state index in [0.29, 0.717) is 12.3 Å². The third-order valence-corrected chi connectivity index (χ3v) is 3.38. The molecule has 110 valence electrons. The van der Waals surface area contributed by atoms with Gasteiger partial charge in [0, 0.05) is 6.54 Å². The van der Waals surface area contributed by atoms with Crippen molar-refractivity contribution in [2.75, 3.05) is 6.54 Å². The van der Waals surface area contributed by atoms with Crippen LogP contribution in [0.25, 0.3) is 0 Å². The highest BCUT2D eigenvalue weighted by molar-refractivity contribution is 5.80. The van der Waals surface area contributed by atoms with Gasteiger partial charge >= 0.3 is 0 Å². The second-order valence-corrected chi connectivity index (χ2v) is 5.13. The molecule has 0 aromatic heterocycles. The van der Waals surface area contributed by atoms with Gasteiger partial charge in [0.2, 0.25) is 0 Å². The van der Waals surface area contributed by atoms with Crippen molar-refractivity contribution in [3.63, 3.8) is 0 Å². The van der Waals surface area contributed by atoms with Crippen molar-refractivity contribution in [1.29, 1.82) is 0 Å². The van der Waals surface area contributed by atoms with Gasteiger partial charge in [-0.15, -0.1) is 0 Å². The summed E-state index contributed by atoms with van der Waals surface area (Å²) in [4.78, 5) is 12.0. The number of hydrogen-bond donors (Lipinski definition) is 1. The molecule has 1 N–H and O–H groups in total. The second-order valence-electron chi connectivity index (χ2n) is 5.13. The minimum atomic E-state index is -0.504. The third kappa shape index (κ3) is 4.63. The fourth-order valence-corrected chi connectivity index (χ4v) is 2.05. The van der Waals surface area contributed by atoms with E-state index in [-0.39, 0.29) is 11.8 Å². The van der Waals surface area contributed by atoms with E-state index in [1.165, 1.54) is 5.56 Å². The Balaban J connectivity index is 1.81. The number of para-hydroxylation sites is 1. The molecule has 0 saturated carbocycles. The normalized spacial score (nSPS) is 13.2. The van der Waals surface area contributed by atoms with Crippen LogP contribution >= 0.6 is 0 Å². The fraction of sp³-hybridized carbons (Fsp3) is 0.278. The van der Waals surface area contributed by atoms with Crippen LogP contribution in [0.2, 0.25) is 0 Å². The van der Waals surface area contributed by atoms with E-state index in [4.69, 9.17) is 4.74 Å². The van der Waals surface area contributed by atoms with Crippen molar-refractivity contribution < 1.29 is 9.53 Å². The number of hydrogen-bond acceptors (Lipinski definition) is 2. The average molecular weight is 283 g/mol. The van der Waals surface area contributed by atoms with E-state index in [0.717, 1.165) is 0 Å². The number of rotatable bonds is 6. The lowest BCUT2D eigenvalue weighted by Gasteiger charge is -2.17. The van der Waals surface area contributed by atoms with E-state index in [9.17, 15) is 4.79 Å². The quantitative estimate of drug-likeness (QED) is 0.882. The SMILES string of the molecule is C[C@H](CNC(=O)[C@@H](C)Oc1ccccc1)c1ccccc1. The molecular formula is C18H21NO2. The molecule has 2 rings (SSSR count). The van der Waals surface area contributed by atoms with Crippen LogP contribution in [-0.4, -0.2) is 18.6 Å². The Bertz CT molecular complexity index is 554. The molecule has 0 aliphatic heterocycles. The van der Waals surface area contributed by atoms with Crippen molar-refractivity contribution in [3.8, 4) is 5.75 Å². The van der Waals surface area contributed by atoms with Gasteiger partial charge in [0.25, 0.3) is 5.91 Å². The fourth-order valence-electron chi connectivity index (χ4n) is 2.05. The molecule has 3 heteroatoms. The molecule has 0 radical (unpaired) electrons. The average Bonchev–Trinajstić information content (AvgIpc) is 2.54. The molecular weight excluding hydrogens is 262 g/mol. The Morgan fingerprint density at radius 3 is 2.19 bits per heavy atom. The first kappa shape index (κ1) is 15.1. The summed E-state index contributed by atoms with van der Waals surface area (Å²) in [7, 11) is 0. The summed E-state index contributed by atoms with van der Waals surface area (Å²) >= 11 is 0. The maximum atomic E-state index is 12.0. The summed E-state index contributed by atoms with van der Waals surface area (Å²) in [6.45, 7) is 4.46. The van der Waals surface area contributed by atoms with Crippen LogP contribution in [-0.2, 0) is 4.79 Å². The summed E-state index contributed by atoms with van der Waals surface area (Å²) in [5.74, 6) is 0.886. The molecule has 3 nitrogen and oxygen atoms in total. The molecule has 0 unspecified atom stereocenters. The summed E-state index contributed by atoms with van der Waals surface area (Å²) in [5, 5.41) is 2.94. The molecule has 0 bridgehead atoms. The summed E-state index contributed by atoms with van der Waals surface area (Å²) in [6.07, 6.45) is -0.504. The number of amides is 1. The van der Waals surface area contributed by atoms with Crippen LogP contribution in [0.15, 0.2) is 60.7 Å². The third-order valence-electron chi connectivity index (χ3n) is 3.38. The van der Waals surface area contributed by atoms with Gasteiger partial charge in [-0.3, -0.25) is 4.79 Å². The van der Waals surface area contributed by atoms with Gasteiger partial charge in [0.1, 0.15) is 5.75 Å². The van der Waals surface area contributed by atoms with Crippen LogP contribution in [0.1, 0.15) is 25.3 Å². The zero-order valence-corrected chi connectivity index (χ0v) is 12.5. The van der Waals surface area contributed by atoms with Crippen molar-refractivity contribution in [3.05, 3.63) is 66.2 Å². The molecule has 0 aliphatic rings. The van der Waals surface area contributed by atoms with E-state index < -0.39 is 6.10 Å². The van der Waals surface area contributed by atoms with Crippen molar-refractivity contribution in [2.45, 2.75) is 25.9 Å². The van der Waals surface area contributed by atoms with Gasteiger partial charge in [-0.05, 0) is 30.5 Å². The van der Waals surface area contributed by atoms with Crippen LogP contribution in [0.5, 0.6) is 5.75 Å². The number of carbonyl (C=O) groups is 1. The molecule has 0 spiro atoms. The molecule has 0 fully saturated rings. The lowest BCUT2D eigenvalue weighted by atomic mass is 10.0. The summed E-state index contributed by atoms with van der Waals surface area (Å²) in [5.41, 5.74) is 1.22. The zero-order valence-electron chi connectivity index (χ0n) is 12.5. The molecule has 1 amide bonds. The number of carbonyl (C=O) groups excluding carboxylic acids is 1. The molecule has 0 saturated heterocycles. The number of ether oxygens (including phenoxy) is 1. The Morgan fingerprint density at radius 2 is 1.57 bits per heavy atom. The van der Waals surface area contributed by atoms with Crippen LogP contribution in [0, 0.1) is 0 Å². The van der Waals surface area contributed by atoms with Gasteiger partial charge in [0.05, 0.1) is 0 Å². The smallest absolute Gasteiger partial charge is 0.260 e. The maximum absolute atomic E-state index is 12.0. The zero-order chi connectivity index (χ0) is 15.1. The van der Waals surface area contributed by atoms with Gasteiger partial charge < -0.3 is 10.1 Å². The van der Waals surface area contributed by atoms with Gasteiger partial charge in [0.15, 0.2) is 6.10 Å². The number of nitrogens with one attached hydrogen (secondary N) is 1. The van der Waals surface area contributed by atoms with Crippen LogP contribution in [0.4, 0.5) is 0 Å². The highest BCUT2D eigenvalue weighted by atomic mass is 16.5. The van der Waals surface area contributed by atoms with Crippen molar-refractivity contribution in [1.82, 2.24) is 5.32 Å². The van der Waals surface area contributed by atoms with Crippen LogP contribution < -0.4 is 10.1 Å². The highest BCUT2D eigenvalue weighted by Crippen LogP contribution is 2.14. The molecule has 2 aromatic rings. The predicted molar refractivity (Wildman–Crippen MR) is 84.4 cm³/mol. The lowest BCUT2D eigenvalue weighted by Crippen LogP contribution is -2.38.